The van der Waals surface area contributed by atoms with Crippen LogP contribution in [-0.2, 0) is 19.4 Å². The van der Waals surface area contributed by atoms with E-state index in [0.717, 1.165) is 0 Å². The van der Waals surface area contributed by atoms with Crippen molar-refractivity contribution in [3.63, 3.8) is 0 Å². The molecule has 1 fully saturated rings. The minimum atomic E-state index is -3.53. The first-order valence-corrected chi connectivity index (χ1v) is 8.52. The summed E-state index contributed by atoms with van der Waals surface area (Å²) < 4.78 is 29.5. The van der Waals surface area contributed by atoms with Crippen LogP contribution in [0.15, 0.2) is 30.3 Å². The van der Waals surface area contributed by atoms with Gasteiger partial charge in [-0.2, -0.15) is 5.26 Å². The average Bonchev–Trinajstić information content (AvgIpc) is 3.20. The highest BCUT2D eigenvalue weighted by Crippen LogP contribution is 2.63. The summed E-state index contributed by atoms with van der Waals surface area (Å²) in [7, 11) is -3.53. The second-order valence-corrected chi connectivity index (χ2v) is 7.37. The van der Waals surface area contributed by atoms with Crippen molar-refractivity contribution in [2.75, 3.05) is 12.4 Å². The highest BCUT2D eigenvalue weighted by molar-refractivity contribution is 7.92. The molecule has 1 aromatic carbocycles. The molecule has 112 valence electrons. The number of rotatable bonds is 5. The molecule has 1 aliphatic rings. The Hall–Kier alpha value is -1.87. The van der Waals surface area contributed by atoms with E-state index in [1.807, 2.05) is 6.07 Å². The zero-order chi connectivity index (χ0) is 15.7. The molecule has 0 aromatic heterocycles. The van der Waals surface area contributed by atoms with E-state index in [9.17, 15) is 18.5 Å². The summed E-state index contributed by atoms with van der Waals surface area (Å²) in [6.45, 7) is 3.26. The van der Waals surface area contributed by atoms with E-state index in [1.165, 1.54) is 6.92 Å². The normalized spacial score (nSPS) is 27.7. The van der Waals surface area contributed by atoms with Gasteiger partial charge in [0.2, 0.25) is 0 Å². The third-order valence-electron chi connectivity index (χ3n) is 3.88. The van der Waals surface area contributed by atoms with Gasteiger partial charge in [-0.25, -0.2) is 8.42 Å². The van der Waals surface area contributed by atoms with Crippen LogP contribution in [0.1, 0.15) is 25.3 Å². The molecule has 6 heteroatoms. The molecular formula is C15H17NO4S. The maximum atomic E-state index is 12.3. The molecule has 0 bridgehead atoms. The Bertz CT molecular complexity index is 677. The van der Waals surface area contributed by atoms with Crippen LogP contribution >= 0.6 is 0 Å². The summed E-state index contributed by atoms with van der Waals surface area (Å²) in [5.41, 5.74) is -0.944. The molecule has 0 aliphatic heterocycles. The van der Waals surface area contributed by atoms with Crippen molar-refractivity contribution in [1.29, 1.82) is 5.26 Å². The van der Waals surface area contributed by atoms with Gasteiger partial charge in [0.1, 0.15) is 5.25 Å². The van der Waals surface area contributed by atoms with Crippen molar-refractivity contribution < 1.29 is 17.9 Å². The number of carbonyl (C=O) groups is 1. The molecule has 1 aliphatic carbocycles. The number of ether oxygens (including phenoxy) is 1. The molecular weight excluding hydrogens is 290 g/mol. The van der Waals surface area contributed by atoms with Crippen LogP contribution in [0.2, 0.25) is 0 Å². The molecule has 3 atom stereocenters. The number of nitrogens with zero attached hydrogens (tertiary/aromatic N) is 1. The van der Waals surface area contributed by atoms with E-state index in [2.05, 4.69) is 0 Å². The number of nitriles is 1. The van der Waals surface area contributed by atoms with Gasteiger partial charge >= 0.3 is 5.97 Å². The van der Waals surface area contributed by atoms with Crippen molar-refractivity contribution >= 4 is 15.8 Å². The molecule has 5 nitrogen and oxygen atoms in total. The third-order valence-corrected chi connectivity index (χ3v) is 6.10. The van der Waals surface area contributed by atoms with Gasteiger partial charge in [-0.05, 0) is 12.5 Å². The predicted molar refractivity (Wildman–Crippen MR) is 77.1 cm³/mol. The lowest BCUT2D eigenvalue weighted by Crippen LogP contribution is -2.26. The zero-order valence-corrected chi connectivity index (χ0v) is 12.8. The van der Waals surface area contributed by atoms with E-state index in [-0.39, 0.29) is 12.4 Å². The van der Waals surface area contributed by atoms with Crippen LogP contribution in [0.4, 0.5) is 0 Å². The first kappa shape index (κ1) is 15.5. The summed E-state index contributed by atoms with van der Waals surface area (Å²) in [4.78, 5) is 12.2. The lowest BCUT2D eigenvalue weighted by Gasteiger charge is -2.08. The molecule has 0 saturated heterocycles. The van der Waals surface area contributed by atoms with E-state index in [1.54, 1.807) is 37.3 Å². The molecule has 0 spiro atoms. The maximum Gasteiger partial charge on any atom is 0.328 e. The Morgan fingerprint density at radius 2 is 1.95 bits per heavy atom. The lowest BCUT2D eigenvalue weighted by atomic mass is 10.0. The van der Waals surface area contributed by atoms with E-state index >= 15 is 0 Å². The summed E-state index contributed by atoms with van der Waals surface area (Å²) >= 11 is 0. The Morgan fingerprint density at radius 3 is 2.43 bits per heavy atom. The largest absolute Gasteiger partial charge is 0.465 e. The fourth-order valence-corrected chi connectivity index (χ4v) is 4.73. The summed E-state index contributed by atoms with van der Waals surface area (Å²) in [5.74, 6) is -1.51. The van der Waals surface area contributed by atoms with Crippen LogP contribution < -0.4 is 0 Å². The van der Waals surface area contributed by atoms with Crippen LogP contribution in [0.25, 0.3) is 0 Å². The molecule has 2 rings (SSSR count). The summed E-state index contributed by atoms with van der Waals surface area (Å²) in [6, 6.07) is 10.7. The van der Waals surface area contributed by atoms with Gasteiger partial charge in [0.05, 0.1) is 12.7 Å². The number of esters is 1. The molecule has 0 unspecified atom stereocenters. The molecule has 0 radical (unpaired) electrons. The van der Waals surface area contributed by atoms with E-state index in [4.69, 9.17) is 4.74 Å². The molecule has 21 heavy (non-hydrogen) atoms. The van der Waals surface area contributed by atoms with Crippen LogP contribution in [0, 0.1) is 16.7 Å². The van der Waals surface area contributed by atoms with Crippen LogP contribution in [-0.4, -0.2) is 32.0 Å². The molecule has 1 aromatic rings. The Balaban J connectivity index is 2.52. The van der Waals surface area contributed by atoms with Crippen molar-refractivity contribution in [1.82, 2.24) is 0 Å². The van der Waals surface area contributed by atoms with Gasteiger partial charge in [0, 0.05) is 11.7 Å². The number of sulfone groups is 1. The topological polar surface area (TPSA) is 84.2 Å². The highest BCUT2D eigenvalue weighted by atomic mass is 32.2. The second-order valence-electron chi connectivity index (χ2n) is 4.96. The number of carbonyl (C=O) groups excluding carboxylic acids is 1. The quantitative estimate of drug-likeness (QED) is 0.772. The van der Waals surface area contributed by atoms with Gasteiger partial charge in [-0.15, -0.1) is 0 Å². The fourth-order valence-electron chi connectivity index (χ4n) is 2.80. The predicted octanol–water partition coefficient (Wildman–Crippen LogP) is 1.66. The van der Waals surface area contributed by atoms with E-state index < -0.39 is 32.4 Å². The van der Waals surface area contributed by atoms with Crippen LogP contribution in [0.5, 0.6) is 0 Å². The summed E-state index contributed by atoms with van der Waals surface area (Å²) in [6.07, 6.45) is 0. The minimum Gasteiger partial charge on any atom is -0.465 e. The van der Waals surface area contributed by atoms with Gasteiger partial charge in [0.15, 0.2) is 15.3 Å². The molecule has 0 heterocycles. The molecule has 1 saturated carbocycles. The second kappa shape index (κ2) is 5.49. The number of hydrogen-bond donors (Lipinski definition) is 0. The first-order valence-electron chi connectivity index (χ1n) is 6.80. The molecule has 0 amide bonds. The van der Waals surface area contributed by atoms with Crippen molar-refractivity contribution in [3.8, 4) is 6.07 Å². The zero-order valence-electron chi connectivity index (χ0n) is 11.9. The molecule has 0 N–H and O–H groups in total. The van der Waals surface area contributed by atoms with Gasteiger partial charge in [-0.1, -0.05) is 37.3 Å². The minimum absolute atomic E-state index is 0.107. The smallest absolute Gasteiger partial charge is 0.328 e. The van der Waals surface area contributed by atoms with Gasteiger partial charge in [-0.3, -0.25) is 4.79 Å². The first-order chi connectivity index (χ1) is 9.95. The average molecular weight is 307 g/mol. The number of benzene rings is 1. The monoisotopic (exact) mass is 307 g/mol. The summed E-state index contributed by atoms with van der Waals surface area (Å²) in [5, 5.41) is 8.47. The lowest BCUT2D eigenvalue weighted by molar-refractivity contribution is -0.147. The maximum absolute atomic E-state index is 12.3. The number of hydrogen-bond acceptors (Lipinski definition) is 5. The van der Waals surface area contributed by atoms with Crippen LogP contribution in [0.3, 0.4) is 0 Å². The van der Waals surface area contributed by atoms with Gasteiger partial charge < -0.3 is 4.74 Å². The van der Waals surface area contributed by atoms with E-state index in [0.29, 0.717) is 5.56 Å². The van der Waals surface area contributed by atoms with Crippen molar-refractivity contribution in [2.45, 2.75) is 25.0 Å². The SMILES string of the molecule is CCOC(=O)[C@]1(C#N)[C@H](c2ccccc2)[C@@H]1S(=O)(=O)CC. The van der Waals surface area contributed by atoms with Gasteiger partial charge in [0.25, 0.3) is 0 Å². The Morgan fingerprint density at radius 1 is 1.33 bits per heavy atom. The van der Waals surface area contributed by atoms with Crippen molar-refractivity contribution in [2.24, 2.45) is 5.41 Å². The fraction of sp³-hybridized carbons (Fsp3) is 0.467. The Kier molecular flexibility index (Phi) is 4.06. The standard InChI is InChI=1S/C15H17NO4S/c1-3-20-14(17)15(10-16)12(11-8-6-5-7-9-11)13(15)21(18,19)4-2/h5-9,12-13H,3-4H2,1-2H3/t12-,13+,15-/m1/s1. The highest BCUT2D eigenvalue weighted by Gasteiger charge is 2.77. The Labute approximate surface area is 124 Å². The third kappa shape index (κ3) is 2.32. The van der Waals surface area contributed by atoms with Crippen molar-refractivity contribution in [3.05, 3.63) is 35.9 Å².